The maximum atomic E-state index is 12.1. The SMILES string of the molecule is CC1CN(C(=O)c2cccc(O)c2)CCO1. The molecule has 0 saturated carbocycles. The van der Waals surface area contributed by atoms with E-state index in [4.69, 9.17) is 4.74 Å². The number of amides is 1. The van der Waals surface area contributed by atoms with Gasteiger partial charge in [0.2, 0.25) is 0 Å². The Hall–Kier alpha value is -1.55. The Morgan fingerprint density at radius 3 is 3.06 bits per heavy atom. The third kappa shape index (κ3) is 2.33. The van der Waals surface area contributed by atoms with Crippen molar-refractivity contribution in [3.63, 3.8) is 0 Å². The normalized spacial score (nSPS) is 20.8. The average Bonchev–Trinajstić information content (AvgIpc) is 2.28. The summed E-state index contributed by atoms with van der Waals surface area (Å²) >= 11 is 0. The van der Waals surface area contributed by atoms with Gasteiger partial charge in [-0.05, 0) is 25.1 Å². The van der Waals surface area contributed by atoms with E-state index in [1.165, 1.54) is 6.07 Å². The van der Waals surface area contributed by atoms with E-state index in [-0.39, 0.29) is 17.8 Å². The van der Waals surface area contributed by atoms with E-state index >= 15 is 0 Å². The second kappa shape index (κ2) is 4.53. The summed E-state index contributed by atoms with van der Waals surface area (Å²) in [6, 6.07) is 6.43. The van der Waals surface area contributed by atoms with E-state index in [1.54, 1.807) is 23.1 Å². The summed E-state index contributed by atoms with van der Waals surface area (Å²) < 4.78 is 5.37. The molecule has 1 atom stereocenters. The van der Waals surface area contributed by atoms with E-state index in [0.717, 1.165) is 0 Å². The zero-order valence-corrected chi connectivity index (χ0v) is 9.22. The molecular formula is C12H15NO3. The first kappa shape index (κ1) is 11.0. The number of aromatic hydroxyl groups is 1. The molecule has 16 heavy (non-hydrogen) atoms. The Labute approximate surface area is 94.4 Å². The largest absolute Gasteiger partial charge is 0.508 e. The zero-order chi connectivity index (χ0) is 11.5. The molecule has 0 spiro atoms. The van der Waals surface area contributed by atoms with Crippen LogP contribution >= 0.6 is 0 Å². The number of phenolic OH excluding ortho intramolecular Hbond substituents is 1. The number of hydrogen-bond donors (Lipinski definition) is 1. The number of phenols is 1. The van der Waals surface area contributed by atoms with Crippen LogP contribution in [0.25, 0.3) is 0 Å². The molecule has 1 N–H and O–H groups in total. The standard InChI is InChI=1S/C12H15NO3/c1-9-8-13(5-6-16-9)12(15)10-3-2-4-11(14)7-10/h2-4,7,9,14H,5-6,8H2,1H3. The number of benzene rings is 1. The van der Waals surface area contributed by atoms with E-state index < -0.39 is 0 Å². The second-order valence-electron chi connectivity index (χ2n) is 3.98. The maximum absolute atomic E-state index is 12.1. The molecule has 4 heteroatoms. The van der Waals surface area contributed by atoms with Crippen LogP contribution in [0.1, 0.15) is 17.3 Å². The molecule has 1 aliphatic heterocycles. The summed E-state index contributed by atoms with van der Waals surface area (Å²) in [4.78, 5) is 13.8. The zero-order valence-electron chi connectivity index (χ0n) is 9.22. The Morgan fingerprint density at radius 1 is 1.56 bits per heavy atom. The van der Waals surface area contributed by atoms with Crippen molar-refractivity contribution in [2.24, 2.45) is 0 Å². The fourth-order valence-electron chi connectivity index (χ4n) is 1.82. The van der Waals surface area contributed by atoms with Crippen LogP contribution in [0.15, 0.2) is 24.3 Å². The Bertz CT molecular complexity index is 392. The lowest BCUT2D eigenvalue weighted by Crippen LogP contribution is -2.44. The quantitative estimate of drug-likeness (QED) is 0.776. The van der Waals surface area contributed by atoms with Gasteiger partial charge in [0.15, 0.2) is 0 Å². The third-order valence-electron chi connectivity index (χ3n) is 2.62. The fourth-order valence-corrected chi connectivity index (χ4v) is 1.82. The summed E-state index contributed by atoms with van der Waals surface area (Å²) in [5, 5.41) is 9.32. The molecule has 4 nitrogen and oxygen atoms in total. The summed E-state index contributed by atoms with van der Waals surface area (Å²) in [7, 11) is 0. The monoisotopic (exact) mass is 221 g/mol. The minimum absolute atomic E-state index is 0.0500. The van der Waals surface area contributed by atoms with Crippen molar-refractivity contribution in [2.75, 3.05) is 19.7 Å². The van der Waals surface area contributed by atoms with Crippen molar-refractivity contribution in [2.45, 2.75) is 13.0 Å². The van der Waals surface area contributed by atoms with E-state index in [2.05, 4.69) is 0 Å². The van der Waals surface area contributed by atoms with Crippen LogP contribution in [0, 0.1) is 0 Å². The lowest BCUT2D eigenvalue weighted by atomic mass is 10.1. The van der Waals surface area contributed by atoms with Crippen LogP contribution in [0.5, 0.6) is 5.75 Å². The van der Waals surface area contributed by atoms with Gasteiger partial charge in [-0.3, -0.25) is 4.79 Å². The number of morpholine rings is 1. The molecule has 0 bridgehead atoms. The molecule has 1 heterocycles. The third-order valence-corrected chi connectivity index (χ3v) is 2.62. The number of nitrogens with zero attached hydrogens (tertiary/aromatic N) is 1. The minimum Gasteiger partial charge on any atom is -0.508 e. The van der Waals surface area contributed by atoms with Crippen LogP contribution in [0.3, 0.4) is 0 Å². The number of carbonyl (C=O) groups excluding carboxylic acids is 1. The van der Waals surface area contributed by atoms with Crippen molar-refractivity contribution in [1.29, 1.82) is 0 Å². The van der Waals surface area contributed by atoms with E-state index in [1.807, 2.05) is 6.92 Å². The fraction of sp³-hybridized carbons (Fsp3) is 0.417. The molecule has 0 aromatic heterocycles. The first-order valence-electron chi connectivity index (χ1n) is 5.37. The first-order valence-corrected chi connectivity index (χ1v) is 5.37. The predicted octanol–water partition coefficient (Wildman–Crippen LogP) is 1.25. The molecule has 1 aliphatic rings. The van der Waals surface area contributed by atoms with Gasteiger partial charge in [-0.25, -0.2) is 0 Å². The number of rotatable bonds is 1. The predicted molar refractivity (Wildman–Crippen MR) is 59.4 cm³/mol. The van der Waals surface area contributed by atoms with Crippen molar-refractivity contribution >= 4 is 5.91 Å². The van der Waals surface area contributed by atoms with Crippen molar-refractivity contribution in [1.82, 2.24) is 4.90 Å². The molecule has 86 valence electrons. The summed E-state index contributed by atoms with van der Waals surface area (Å²) in [6.45, 7) is 3.74. The number of hydrogen-bond acceptors (Lipinski definition) is 3. The summed E-state index contributed by atoms with van der Waals surface area (Å²) in [5.41, 5.74) is 0.522. The minimum atomic E-state index is -0.0500. The molecule has 1 aromatic rings. The highest BCUT2D eigenvalue weighted by Gasteiger charge is 2.22. The molecule has 2 rings (SSSR count). The Kier molecular flexibility index (Phi) is 3.10. The molecule has 1 unspecified atom stereocenters. The highest BCUT2D eigenvalue weighted by molar-refractivity contribution is 5.94. The Balaban J connectivity index is 2.12. The highest BCUT2D eigenvalue weighted by Crippen LogP contribution is 2.15. The van der Waals surface area contributed by atoms with Crippen LogP contribution in [-0.4, -0.2) is 41.7 Å². The molecule has 0 aliphatic carbocycles. The van der Waals surface area contributed by atoms with Crippen molar-refractivity contribution < 1.29 is 14.6 Å². The van der Waals surface area contributed by atoms with Gasteiger partial charge in [-0.2, -0.15) is 0 Å². The van der Waals surface area contributed by atoms with Crippen LogP contribution < -0.4 is 0 Å². The summed E-state index contributed by atoms with van der Waals surface area (Å²) in [6.07, 6.45) is 0.0787. The average molecular weight is 221 g/mol. The molecule has 1 amide bonds. The highest BCUT2D eigenvalue weighted by atomic mass is 16.5. The van der Waals surface area contributed by atoms with Gasteiger partial charge in [0, 0.05) is 18.7 Å². The van der Waals surface area contributed by atoms with Crippen LogP contribution in [0.4, 0.5) is 0 Å². The van der Waals surface area contributed by atoms with Gasteiger partial charge in [0.25, 0.3) is 5.91 Å². The van der Waals surface area contributed by atoms with Gasteiger partial charge in [-0.1, -0.05) is 6.07 Å². The van der Waals surface area contributed by atoms with Crippen molar-refractivity contribution in [3.05, 3.63) is 29.8 Å². The van der Waals surface area contributed by atoms with Crippen molar-refractivity contribution in [3.8, 4) is 5.75 Å². The van der Waals surface area contributed by atoms with Crippen LogP contribution in [-0.2, 0) is 4.74 Å². The molecule has 1 fully saturated rings. The van der Waals surface area contributed by atoms with Gasteiger partial charge in [0.05, 0.1) is 12.7 Å². The lowest BCUT2D eigenvalue weighted by molar-refractivity contribution is -0.0124. The van der Waals surface area contributed by atoms with Gasteiger partial charge in [0.1, 0.15) is 5.75 Å². The molecule has 1 saturated heterocycles. The number of ether oxygens (including phenoxy) is 1. The topological polar surface area (TPSA) is 49.8 Å². The Morgan fingerprint density at radius 2 is 2.38 bits per heavy atom. The smallest absolute Gasteiger partial charge is 0.254 e. The first-order chi connectivity index (χ1) is 7.66. The van der Waals surface area contributed by atoms with Crippen LogP contribution in [0.2, 0.25) is 0 Å². The lowest BCUT2D eigenvalue weighted by Gasteiger charge is -2.31. The maximum Gasteiger partial charge on any atom is 0.254 e. The number of carbonyl (C=O) groups is 1. The van der Waals surface area contributed by atoms with E-state index in [0.29, 0.717) is 25.3 Å². The molecule has 0 radical (unpaired) electrons. The van der Waals surface area contributed by atoms with E-state index in [9.17, 15) is 9.90 Å². The summed E-state index contributed by atoms with van der Waals surface area (Å²) in [5.74, 6) is 0.0678. The van der Waals surface area contributed by atoms with Gasteiger partial charge < -0.3 is 14.7 Å². The molecule has 1 aromatic carbocycles. The molecular weight excluding hydrogens is 206 g/mol. The van der Waals surface area contributed by atoms with Gasteiger partial charge in [-0.15, -0.1) is 0 Å². The second-order valence-corrected chi connectivity index (χ2v) is 3.98. The van der Waals surface area contributed by atoms with Gasteiger partial charge >= 0.3 is 0 Å².